The van der Waals surface area contributed by atoms with Crippen LogP contribution in [0.15, 0.2) is 42.6 Å². The second-order valence-corrected chi connectivity index (χ2v) is 3.15. The van der Waals surface area contributed by atoms with E-state index >= 15 is 0 Å². The summed E-state index contributed by atoms with van der Waals surface area (Å²) >= 11 is 0. The van der Waals surface area contributed by atoms with E-state index < -0.39 is 0 Å². The molecular weight excluding hydrogens is 201 g/mol. The minimum Gasteiger partial charge on any atom is -0.261 e. The molecule has 84 valence electrons. The second-order valence-electron chi connectivity index (χ2n) is 3.15. The molecule has 0 atom stereocenters. The predicted octanol–water partition coefficient (Wildman–Crippen LogP) is 4.22. The topological polar surface area (TPSA) is 12.9 Å². The van der Waals surface area contributed by atoms with E-state index in [2.05, 4.69) is 4.98 Å². The van der Waals surface area contributed by atoms with E-state index in [9.17, 15) is 4.39 Å². The number of benzene rings is 1. The Kier molecular flexibility index (Phi) is 4.65. The highest BCUT2D eigenvalue weighted by atomic mass is 19.1. The lowest BCUT2D eigenvalue weighted by Gasteiger charge is -2.03. The van der Waals surface area contributed by atoms with E-state index in [0.29, 0.717) is 0 Å². The van der Waals surface area contributed by atoms with Gasteiger partial charge in [0.2, 0.25) is 0 Å². The molecule has 0 aliphatic rings. The normalized spacial score (nSPS) is 9.25. The minimum absolute atomic E-state index is 0.217. The predicted molar refractivity (Wildman–Crippen MR) is 65.7 cm³/mol. The third-order valence-electron chi connectivity index (χ3n) is 2.14. The average Bonchev–Trinajstić information content (AvgIpc) is 2.32. The number of hydrogen-bond donors (Lipinski definition) is 0. The number of rotatable bonds is 1. The monoisotopic (exact) mass is 217 g/mol. The SMILES string of the molecule is CC.Cc1ncccc1-c1cccc(F)c1. The molecule has 0 saturated carbocycles. The number of aryl methyl sites for hydroxylation is 1. The summed E-state index contributed by atoms with van der Waals surface area (Å²) in [6.07, 6.45) is 1.73. The Morgan fingerprint density at radius 1 is 1.06 bits per heavy atom. The van der Waals surface area contributed by atoms with Crippen LogP contribution in [-0.2, 0) is 0 Å². The van der Waals surface area contributed by atoms with E-state index in [4.69, 9.17) is 0 Å². The van der Waals surface area contributed by atoms with Gasteiger partial charge < -0.3 is 0 Å². The molecule has 0 bridgehead atoms. The molecule has 0 unspecified atom stereocenters. The van der Waals surface area contributed by atoms with Gasteiger partial charge in [0, 0.05) is 17.5 Å². The maximum atomic E-state index is 13.0. The van der Waals surface area contributed by atoms with E-state index in [1.54, 1.807) is 12.3 Å². The van der Waals surface area contributed by atoms with Gasteiger partial charge in [0.05, 0.1) is 0 Å². The van der Waals surface area contributed by atoms with Crippen molar-refractivity contribution in [3.63, 3.8) is 0 Å². The van der Waals surface area contributed by atoms with Gasteiger partial charge in [-0.05, 0) is 30.7 Å². The van der Waals surface area contributed by atoms with Gasteiger partial charge in [-0.1, -0.05) is 32.0 Å². The highest BCUT2D eigenvalue weighted by Gasteiger charge is 2.01. The van der Waals surface area contributed by atoms with Gasteiger partial charge in [0.1, 0.15) is 5.82 Å². The zero-order valence-corrected chi connectivity index (χ0v) is 9.87. The fourth-order valence-corrected chi connectivity index (χ4v) is 1.45. The first kappa shape index (κ1) is 12.4. The molecule has 0 aliphatic carbocycles. The molecule has 0 aliphatic heterocycles. The van der Waals surface area contributed by atoms with Gasteiger partial charge in [0.25, 0.3) is 0 Å². The number of aromatic nitrogens is 1. The molecule has 0 radical (unpaired) electrons. The third-order valence-corrected chi connectivity index (χ3v) is 2.14. The van der Waals surface area contributed by atoms with Crippen molar-refractivity contribution in [2.24, 2.45) is 0 Å². The molecule has 0 saturated heterocycles. The highest BCUT2D eigenvalue weighted by molar-refractivity contribution is 5.65. The number of hydrogen-bond acceptors (Lipinski definition) is 1. The zero-order valence-electron chi connectivity index (χ0n) is 9.87. The molecule has 1 aromatic carbocycles. The Bertz CT molecular complexity index is 452. The quantitative estimate of drug-likeness (QED) is 0.696. The Morgan fingerprint density at radius 3 is 2.44 bits per heavy atom. The standard InChI is InChI=1S/C12H10FN.C2H6/c1-9-12(6-3-7-14-9)10-4-2-5-11(13)8-10;1-2/h2-8H,1H3;1-2H3. The molecule has 2 rings (SSSR count). The molecular formula is C14H16FN. The minimum atomic E-state index is -0.217. The fraction of sp³-hybridized carbons (Fsp3) is 0.214. The van der Waals surface area contributed by atoms with Crippen molar-refractivity contribution in [2.45, 2.75) is 20.8 Å². The van der Waals surface area contributed by atoms with Gasteiger partial charge in [-0.3, -0.25) is 4.98 Å². The van der Waals surface area contributed by atoms with Gasteiger partial charge in [0.15, 0.2) is 0 Å². The smallest absolute Gasteiger partial charge is 0.123 e. The van der Waals surface area contributed by atoms with Crippen molar-refractivity contribution >= 4 is 0 Å². The van der Waals surface area contributed by atoms with Crippen molar-refractivity contribution in [2.75, 3.05) is 0 Å². The summed E-state index contributed by atoms with van der Waals surface area (Å²) in [5.74, 6) is -0.217. The molecule has 1 aromatic heterocycles. The summed E-state index contributed by atoms with van der Waals surface area (Å²) in [5.41, 5.74) is 2.76. The van der Waals surface area contributed by atoms with Crippen LogP contribution < -0.4 is 0 Å². The van der Waals surface area contributed by atoms with Crippen LogP contribution in [-0.4, -0.2) is 4.98 Å². The first-order valence-corrected chi connectivity index (χ1v) is 5.45. The highest BCUT2D eigenvalue weighted by Crippen LogP contribution is 2.21. The maximum absolute atomic E-state index is 13.0. The Balaban J connectivity index is 0.000000606. The van der Waals surface area contributed by atoms with E-state index in [1.165, 1.54) is 12.1 Å². The molecule has 0 amide bonds. The van der Waals surface area contributed by atoms with Crippen LogP contribution >= 0.6 is 0 Å². The zero-order chi connectivity index (χ0) is 12.0. The molecule has 16 heavy (non-hydrogen) atoms. The lowest BCUT2D eigenvalue weighted by Crippen LogP contribution is -1.86. The van der Waals surface area contributed by atoms with Crippen molar-refractivity contribution in [1.29, 1.82) is 0 Å². The molecule has 0 N–H and O–H groups in total. The van der Waals surface area contributed by atoms with Crippen LogP contribution in [0.1, 0.15) is 19.5 Å². The number of nitrogens with zero attached hydrogens (tertiary/aromatic N) is 1. The summed E-state index contributed by atoms with van der Waals surface area (Å²) in [4.78, 5) is 4.16. The van der Waals surface area contributed by atoms with Crippen molar-refractivity contribution in [1.82, 2.24) is 4.98 Å². The lowest BCUT2D eigenvalue weighted by molar-refractivity contribution is 0.628. The fourth-order valence-electron chi connectivity index (χ4n) is 1.45. The van der Waals surface area contributed by atoms with Crippen LogP contribution in [0.4, 0.5) is 4.39 Å². The van der Waals surface area contributed by atoms with Crippen molar-refractivity contribution in [3.8, 4) is 11.1 Å². The van der Waals surface area contributed by atoms with Crippen LogP contribution in [0.25, 0.3) is 11.1 Å². The Labute approximate surface area is 96.0 Å². The summed E-state index contributed by atoms with van der Waals surface area (Å²) in [7, 11) is 0. The molecule has 0 fully saturated rings. The summed E-state index contributed by atoms with van der Waals surface area (Å²) < 4.78 is 13.0. The average molecular weight is 217 g/mol. The first-order chi connectivity index (χ1) is 7.77. The Morgan fingerprint density at radius 2 is 1.81 bits per heavy atom. The van der Waals surface area contributed by atoms with Crippen LogP contribution in [0, 0.1) is 12.7 Å². The van der Waals surface area contributed by atoms with Gasteiger partial charge in [-0.25, -0.2) is 4.39 Å². The Hall–Kier alpha value is -1.70. The van der Waals surface area contributed by atoms with Crippen LogP contribution in [0.3, 0.4) is 0 Å². The molecule has 2 aromatic rings. The molecule has 0 spiro atoms. The van der Waals surface area contributed by atoms with Gasteiger partial charge in [-0.15, -0.1) is 0 Å². The summed E-state index contributed by atoms with van der Waals surface area (Å²) in [6, 6.07) is 10.3. The molecule has 1 heterocycles. The lowest BCUT2D eigenvalue weighted by atomic mass is 10.0. The summed E-state index contributed by atoms with van der Waals surface area (Å²) in [6.45, 7) is 5.92. The van der Waals surface area contributed by atoms with E-state index in [1.807, 2.05) is 39.0 Å². The molecule has 2 heteroatoms. The van der Waals surface area contributed by atoms with Crippen LogP contribution in [0.5, 0.6) is 0 Å². The summed E-state index contributed by atoms with van der Waals surface area (Å²) in [5, 5.41) is 0. The largest absolute Gasteiger partial charge is 0.261 e. The van der Waals surface area contributed by atoms with E-state index in [-0.39, 0.29) is 5.82 Å². The number of pyridine rings is 1. The third kappa shape index (κ3) is 2.89. The van der Waals surface area contributed by atoms with Crippen molar-refractivity contribution in [3.05, 3.63) is 54.1 Å². The second kappa shape index (κ2) is 6.01. The first-order valence-electron chi connectivity index (χ1n) is 5.45. The maximum Gasteiger partial charge on any atom is 0.123 e. The van der Waals surface area contributed by atoms with Gasteiger partial charge in [-0.2, -0.15) is 0 Å². The van der Waals surface area contributed by atoms with E-state index in [0.717, 1.165) is 16.8 Å². The van der Waals surface area contributed by atoms with Crippen LogP contribution in [0.2, 0.25) is 0 Å². The molecule has 1 nitrogen and oxygen atoms in total. The van der Waals surface area contributed by atoms with Crippen molar-refractivity contribution < 1.29 is 4.39 Å². The van der Waals surface area contributed by atoms with Gasteiger partial charge >= 0.3 is 0 Å². The number of halogens is 1.